The molecule has 1 aliphatic rings. The Morgan fingerprint density at radius 1 is 0.930 bits per heavy atom. The third-order valence-corrected chi connectivity index (χ3v) is 12.9. The molecule has 1 saturated heterocycles. The molecule has 2 aromatic heterocycles. The van der Waals surface area contributed by atoms with Gasteiger partial charge in [-0.25, -0.2) is 15.0 Å². The van der Waals surface area contributed by atoms with Gasteiger partial charge in [-0.3, -0.25) is 9.36 Å². The number of imidazole rings is 1. The Morgan fingerprint density at radius 3 is 2.19 bits per heavy atom. The van der Waals surface area contributed by atoms with Crippen LogP contribution in [-0.2, 0) is 9.16 Å². The van der Waals surface area contributed by atoms with E-state index in [4.69, 9.17) is 9.16 Å². The van der Waals surface area contributed by atoms with E-state index in [1.165, 1.54) is 16.7 Å². The van der Waals surface area contributed by atoms with Gasteiger partial charge in [-0.2, -0.15) is 0 Å². The van der Waals surface area contributed by atoms with Crippen LogP contribution in [0.1, 0.15) is 37.4 Å². The largest absolute Gasteiger partial charge is 0.405 e. The number of benzene rings is 3. The number of anilines is 1. The predicted octanol–water partition coefficient (Wildman–Crippen LogP) is 4.14. The van der Waals surface area contributed by atoms with E-state index >= 15 is 0 Å². The molecule has 220 valence electrons. The summed E-state index contributed by atoms with van der Waals surface area (Å²) in [4.78, 5) is 26.1. The highest BCUT2D eigenvalue weighted by atomic mass is 28.4. The van der Waals surface area contributed by atoms with Gasteiger partial charge in [0.15, 0.2) is 17.0 Å². The standard InChI is InChI=1S/C33H36N6O3Si/c1-33(2,3)43(26-15-9-5-10-16-26,27-17-11-6-12-18-27)41-21-25-19-34-20-28(42-25)39-23-37-29-30(35-22-36-31(29)39)38-32(40)24-13-7-4-8-14-24/h4-18,22-23,25,28,34H,19-21H2,1-3H3,(H,35,36,38,40)/t25-,28+/m0/s1. The number of rotatable bonds is 8. The van der Waals surface area contributed by atoms with E-state index in [-0.39, 0.29) is 23.3 Å². The lowest BCUT2D eigenvalue weighted by Gasteiger charge is -2.44. The smallest absolute Gasteiger partial charge is 0.261 e. The van der Waals surface area contributed by atoms with Gasteiger partial charge in [0.1, 0.15) is 12.6 Å². The van der Waals surface area contributed by atoms with Crippen molar-refractivity contribution in [1.82, 2.24) is 24.8 Å². The average molecular weight is 593 g/mol. The Bertz CT molecular complexity index is 1640. The van der Waals surface area contributed by atoms with Gasteiger partial charge in [0.25, 0.3) is 14.2 Å². The first kappa shape index (κ1) is 28.9. The molecule has 2 atom stereocenters. The second kappa shape index (κ2) is 12.2. The van der Waals surface area contributed by atoms with E-state index in [2.05, 4.69) is 94.9 Å². The Balaban J connectivity index is 1.24. The van der Waals surface area contributed by atoms with Gasteiger partial charge in [0.2, 0.25) is 0 Å². The van der Waals surface area contributed by atoms with Gasteiger partial charge in [-0.05, 0) is 27.5 Å². The first-order valence-electron chi connectivity index (χ1n) is 14.5. The molecule has 43 heavy (non-hydrogen) atoms. The van der Waals surface area contributed by atoms with Crippen LogP contribution in [0.4, 0.5) is 5.82 Å². The molecule has 0 unspecified atom stereocenters. The van der Waals surface area contributed by atoms with Crippen LogP contribution in [0, 0.1) is 0 Å². The number of fused-ring (bicyclic) bond motifs is 1. The monoisotopic (exact) mass is 592 g/mol. The van der Waals surface area contributed by atoms with E-state index in [1.807, 2.05) is 34.9 Å². The highest BCUT2D eigenvalue weighted by molar-refractivity contribution is 6.99. The summed E-state index contributed by atoms with van der Waals surface area (Å²) in [5.41, 5.74) is 1.62. The van der Waals surface area contributed by atoms with Crippen molar-refractivity contribution in [3.05, 3.63) is 109 Å². The van der Waals surface area contributed by atoms with Crippen LogP contribution in [0.25, 0.3) is 11.2 Å². The molecule has 3 heterocycles. The Kier molecular flexibility index (Phi) is 8.18. The van der Waals surface area contributed by atoms with Gasteiger partial charge >= 0.3 is 0 Å². The first-order chi connectivity index (χ1) is 20.9. The molecule has 10 heteroatoms. The summed E-state index contributed by atoms with van der Waals surface area (Å²) in [5.74, 6) is 0.0965. The molecule has 6 rings (SSSR count). The molecule has 2 N–H and O–H groups in total. The van der Waals surface area contributed by atoms with Crippen LogP contribution in [-0.4, -0.2) is 59.5 Å². The quantitative estimate of drug-likeness (QED) is 0.261. The maximum Gasteiger partial charge on any atom is 0.261 e. The lowest BCUT2D eigenvalue weighted by Crippen LogP contribution is -2.67. The fraction of sp³-hybridized carbons (Fsp3) is 0.273. The van der Waals surface area contributed by atoms with Crippen molar-refractivity contribution in [2.24, 2.45) is 0 Å². The van der Waals surface area contributed by atoms with Gasteiger partial charge in [0.05, 0.1) is 19.0 Å². The third kappa shape index (κ3) is 5.74. The zero-order chi connectivity index (χ0) is 29.9. The number of ether oxygens (including phenoxy) is 1. The maximum absolute atomic E-state index is 12.8. The predicted molar refractivity (Wildman–Crippen MR) is 170 cm³/mol. The molecule has 1 fully saturated rings. The van der Waals surface area contributed by atoms with Crippen molar-refractivity contribution < 1.29 is 14.0 Å². The minimum atomic E-state index is -2.70. The Hall–Kier alpha value is -4.22. The summed E-state index contributed by atoms with van der Waals surface area (Å²) >= 11 is 0. The topological polar surface area (TPSA) is 103 Å². The van der Waals surface area contributed by atoms with Crippen LogP contribution >= 0.6 is 0 Å². The van der Waals surface area contributed by atoms with E-state index < -0.39 is 8.32 Å². The third-order valence-electron chi connectivity index (χ3n) is 7.88. The summed E-state index contributed by atoms with van der Waals surface area (Å²) in [7, 11) is -2.70. The second-order valence-corrected chi connectivity index (χ2v) is 16.0. The Morgan fingerprint density at radius 2 is 1.56 bits per heavy atom. The zero-order valence-corrected chi connectivity index (χ0v) is 25.6. The van der Waals surface area contributed by atoms with Gasteiger partial charge < -0.3 is 19.8 Å². The normalized spacial score (nSPS) is 17.6. The van der Waals surface area contributed by atoms with Crippen molar-refractivity contribution in [1.29, 1.82) is 0 Å². The van der Waals surface area contributed by atoms with Crippen LogP contribution in [0.15, 0.2) is 104 Å². The summed E-state index contributed by atoms with van der Waals surface area (Å²) < 4.78 is 15.6. The van der Waals surface area contributed by atoms with E-state index in [0.717, 1.165) is 0 Å². The molecule has 0 saturated carbocycles. The van der Waals surface area contributed by atoms with Gasteiger partial charge in [-0.15, -0.1) is 0 Å². The fourth-order valence-corrected chi connectivity index (χ4v) is 10.4. The average Bonchev–Trinajstić information content (AvgIpc) is 3.48. The molecule has 1 aliphatic heterocycles. The van der Waals surface area contributed by atoms with Gasteiger partial charge in [-0.1, -0.05) is 99.6 Å². The first-order valence-corrected chi connectivity index (χ1v) is 16.4. The van der Waals surface area contributed by atoms with E-state index in [9.17, 15) is 4.79 Å². The Labute approximate surface area is 252 Å². The highest BCUT2D eigenvalue weighted by Crippen LogP contribution is 2.37. The molecule has 9 nitrogen and oxygen atoms in total. The van der Waals surface area contributed by atoms with Crippen molar-refractivity contribution in [2.75, 3.05) is 25.0 Å². The number of nitrogens with zero attached hydrogens (tertiary/aromatic N) is 4. The number of carbonyl (C=O) groups is 1. The van der Waals surface area contributed by atoms with E-state index in [1.54, 1.807) is 18.5 Å². The highest BCUT2D eigenvalue weighted by Gasteiger charge is 2.50. The lowest BCUT2D eigenvalue weighted by atomic mass is 10.2. The molecular formula is C33H36N6O3Si. The molecule has 1 amide bonds. The van der Waals surface area contributed by atoms with Crippen molar-refractivity contribution in [3.63, 3.8) is 0 Å². The number of hydrogen-bond acceptors (Lipinski definition) is 7. The van der Waals surface area contributed by atoms with Crippen molar-refractivity contribution in [3.8, 4) is 0 Å². The number of aromatic nitrogens is 4. The van der Waals surface area contributed by atoms with Gasteiger partial charge in [0, 0.05) is 18.7 Å². The van der Waals surface area contributed by atoms with Crippen LogP contribution in [0.5, 0.6) is 0 Å². The van der Waals surface area contributed by atoms with Crippen LogP contribution in [0.3, 0.4) is 0 Å². The van der Waals surface area contributed by atoms with Crippen molar-refractivity contribution >= 4 is 41.6 Å². The summed E-state index contributed by atoms with van der Waals surface area (Å²) in [5, 5.41) is 8.72. The maximum atomic E-state index is 12.8. The SMILES string of the molecule is CC(C)(C)[Si](OC[C@@H]1CNC[C@H](n2cnc3c(NC(=O)c4ccccc4)ncnc32)O1)(c1ccccc1)c1ccccc1. The minimum Gasteiger partial charge on any atom is -0.405 e. The van der Waals surface area contributed by atoms with E-state index in [0.29, 0.717) is 42.2 Å². The zero-order valence-electron chi connectivity index (χ0n) is 24.6. The molecule has 0 radical (unpaired) electrons. The number of amides is 1. The molecule has 0 bridgehead atoms. The molecule has 5 aromatic rings. The lowest BCUT2D eigenvalue weighted by molar-refractivity contribution is -0.0908. The van der Waals surface area contributed by atoms with Crippen LogP contribution in [0.2, 0.25) is 5.04 Å². The number of morpholine rings is 1. The molecule has 0 aliphatic carbocycles. The van der Waals surface area contributed by atoms with Crippen LogP contribution < -0.4 is 21.0 Å². The molecular weight excluding hydrogens is 556 g/mol. The molecule has 3 aromatic carbocycles. The second-order valence-electron chi connectivity index (χ2n) is 11.7. The number of carbonyl (C=O) groups excluding carboxylic acids is 1. The van der Waals surface area contributed by atoms with Crippen molar-refractivity contribution in [2.45, 2.75) is 38.1 Å². The summed E-state index contributed by atoms with van der Waals surface area (Å²) in [6.45, 7) is 8.48. The summed E-state index contributed by atoms with van der Waals surface area (Å²) in [6.07, 6.45) is 2.56. The summed E-state index contributed by atoms with van der Waals surface area (Å²) in [6, 6.07) is 30.2. The number of nitrogens with one attached hydrogen (secondary N) is 2. The number of hydrogen-bond donors (Lipinski definition) is 2. The minimum absolute atomic E-state index is 0.130. The molecule has 0 spiro atoms. The fourth-order valence-electron chi connectivity index (χ4n) is 5.85.